The number of amides is 1. The highest BCUT2D eigenvalue weighted by molar-refractivity contribution is 6.03. The summed E-state index contributed by atoms with van der Waals surface area (Å²) < 4.78 is 51.0. The number of aromatic nitrogens is 3. The minimum Gasteiger partial charge on any atom is -0.291 e. The Hall–Kier alpha value is -2.45. The molecule has 0 saturated heterocycles. The van der Waals surface area contributed by atoms with Gasteiger partial charge in [0.2, 0.25) is 5.95 Å². The van der Waals surface area contributed by atoms with E-state index in [4.69, 9.17) is 0 Å². The third-order valence-corrected chi connectivity index (χ3v) is 2.20. The van der Waals surface area contributed by atoms with Crippen LogP contribution in [0.1, 0.15) is 15.9 Å². The first-order valence-corrected chi connectivity index (χ1v) is 4.92. The summed E-state index contributed by atoms with van der Waals surface area (Å²) in [5, 5.41) is 7.77. The average molecular weight is 274 g/mol. The second-order valence-electron chi connectivity index (χ2n) is 3.45. The normalized spacial score (nSPS) is 11.4. The number of hydrogen-bond donors (Lipinski definition) is 2. The van der Waals surface area contributed by atoms with Crippen molar-refractivity contribution in [2.45, 2.75) is 6.18 Å². The summed E-state index contributed by atoms with van der Waals surface area (Å²) >= 11 is 0. The van der Waals surface area contributed by atoms with Crippen molar-refractivity contribution >= 4 is 11.9 Å². The molecule has 1 aromatic heterocycles. The molecule has 1 aromatic carbocycles. The summed E-state index contributed by atoms with van der Waals surface area (Å²) in [5.74, 6) is -2.78. The quantitative estimate of drug-likeness (QED) is 0.825. The second kappa shape index (κ2) is 4.67. The van der Waals surface area contributed by atoms with Gasteiger partial charge in [-0.2, -0.15) is 23.3 Å². The van der Waals surface area contributed by atoms with E-state index in [1.165, 1.54) is 0 Å². The molecule has 0 radical (unpaired) electrons. The van der Waals surface area contributed by atoms with Crippen LogP contribution in [0.25, 0.3) is 0 Å². The number of carbonyl (C=O) groups excluding carboxylic acids is 1. The predicted octanol–water partition coefficient (Wildman–Crippen LogP) is 2.21. The van der Waals surface area contributed by atoms with E-state index in [0.717, 1.165) is 18.5 Å². The van der Waals surface area contributed by atoms with Crippen molar-refractivity contribution in [1.29, 1.82) is 0 Å². The molecule has 1 heterocycles. The fourth-order valence-corrected chi connectivity index (χ4v) is 1.37. The number of rotatable bonds is 2. The summed E-state index contributed by atoms with van der Waals surface area (Å²) in [6.45, 7) is 0. The van der Waals surface area contributed by atoms with Gasteiger partial charge < -0.3 is 0 Å². The van der Waals surface area contributed by atoms with Crippen LogP contribution >= 0.6 is 0 Å². The Morgan fingerprint density at radius 1 is 1.32 bits per heavy atom. The van der Waals surface area contributed by atoms with Crippen molar-refractivity contribution in [2.24, 2.45) is 0 Å². The highest BCUT2D eigenvalue weighted by Gasteiger charge is 2.35. The van der Waals surface area contributed by atoms with Gasteiger partial charge in [0.25, 0.3) is 5.91 Å². The van der Waals surface area contributed by atoms with Crippen LogP contribution in [0.2, 0.25) is 0 Å². The largest absolute Gasteiger partial charge is 0.419 e. The maximum atomic E-state index is 13.6. The third kappa shape index (κ3) is 2.69. The van der Waals surface area contributed by atoms with Crippen molar-refractivity contribution in [3.05, 3.63) is 41.5 Å². The molecule has 0 atom stereocenters. The van der Waals surface area contributed by atoms with Crippen LogP contribution in [-0.2, 0) is 6.18 Å². The van der Waals surface area contributed by atoms with Gasteiger partial charge in [-0.15, -0.1) is 0 Å². The van der Waals surface area contributed by atoms with E-state index in [2.05, 4.69) is 20.5 Å². The lowest BCUT2D eigenvalue weighted by Crippen LogP contribution is -2.18. The van der Waals surface area contributed by atoms with E-state index in [9.17, 15) is 22.4 Å². The lowest BCUT2D eigenvalue weighted by Gasteiger charge is -2.10. The molecule has 0 fully saturated rings. The highest BCUT2D eigenvalue weighted by atomic mass is 19.4. The number of nitrogens with one attached hydrogen (secondary N) is 2. The molecule has 0 aliphatic rings. The zero-order valence-corrected chi connectivity index (χ0v) is 9.12. The summed E-state index contributed by atoms with van der Waals surface area (Å²) in [6.07, 6.45) is -3.79. The number of nitrogens with zero attached hydrogens (tertiary/aromatic N) is 2. The van der Waals surface area contributed by atoms with Gasteiger partial charge in [-0.25, -0.2) is 9.49 Å². The van der Waals surface area contributed by atoms with Crippen LogP contribution in [0.15, 0.2) is 24.5 Å². The van der Waals surface area contributed by atoms with Crippen LogP contribution in [0, 0.1) is 5.82 Å². The zero-order valence-electron chi connectivity index (χ0n) is 9.12. The SMILES string of the molecule is O=C(Nc1ncn[nH]1)c1cccc(C(F)(F)F)c1F. The van der Waals surface area contributed by atoms with Gasteiger partial charge in [-0.05, 0) is 12.1 Å². The first-order valence-electron chi connectivity index (χ1n) is 4.92. The Balaban J connectivity index is 2.33. The minimum atomic E-state index is -4.87. The van der Waals surface area contributed by atoms with E-state index in [-0.39, 0.29) is 5.95 Å². The number of benzene rings is 1. The first-order chi connectivity index (χ1) is 8.89. The lowest BCUT2D eigenvalue weighted by molar-refractivity contribution is -0.140. The van der Waals surface area contributed by atoms with Gasteiger partial charge in [0.15, 0.2) is 0 Å². The number of halogens is 4. The molecule has 0 saturated carbocycles. The van der Waals surface area contributed by atoms with Crippen LogP contribution in [0.5, 0.6) is 0 Å². The monoisotopic (exact) mass is 274 g/mol. The number of hydrogen-bond acceptors (Lipinski definition) is 3. The smallest absolute Gasteiger partial charge is 0.291 e. The first kappa shape index (κ1) is 13.0. The Bertz CT molecular complexity index is 594. The summed E-state index contributed by atoms with van der Waals surface area (Å²) in [6, 6.07) is 2.44. The average Bonchev–Trinajstić information content (AvgIpc) is 2.80. The van der Waals surface area contributed by atoms with Gasteiger partial charge in [-0.3, -0.25) is 10.1 Å². The standard InChI is InChI=1S/C10H6F4N4O/c11-7-5(2-1-3-6(7)10(12,13)14)8(19)17-9-15-4-16-18-9/h1-4H,(H2,15,16,17,18,19). The molecule has 1 amide bonds. The highest BCUT2D eigenvalue weighted by Crippen LogP contribution is 2.32. The third-order valence-electron chi connectivity index (χ3n) is 2.20. The molecule has 100 valence electrons. The van der Waals surface area contributed by atoms with Crippen LogP contribution in [0.4, 0.5) is 23.5 Å². The molecule has 2 aromatic rings. The fraction of sp³-hybridized carbons (Fsp3) is 0.100. The maximum Gasteiger partial charge on any atom is 0.419 e. The predicted molar refractivity (Wildman–Crippen MR) is 55.7 cm³/mol. The molecule has 0 unspecified atom stereocenters. The van der Waals surface area contributed by atoms with Gasteiger partial charge in [-0.1, -0.05) is 6.07 Å². The van der Waals surface area contributed by atoms with Gasteiger partial charge >= 0.3 is 6.18 Å². The molecule has 2 rings (SSSR count). The number of carbonyl (C=O) groups is 1. The van der Waals surface area contributed by atoms with E-state index < -0.39 is 29.0 Å². The Morgan fingerprint density at radius 3 is 2.63 bits per heavy atom. The number of H-pyrrole nitrogens is 1. The molecule has 2 N–H and O–H groups in total. The Kier molecular flexibility index (Phi) is 3.19. The molecule has 9 heteroatoms. The number of anilines is 1. The molecule has 19 heavy (non-hydrogen) atoms. The molecular weight excluding hydrogens is 268 g/mol. The molecule has 0 aliphatic heterocycles. The van der Waals surface area contributed by atoms with Crippen molar-refractivity contribution in [1.82, 2.24) is 15.2 Å². The van der Waals surface area contributed by atoms with Gasteiger partial charge in [0, 0.05) is 0 Å². The van der Waals surface area contributed by atoms with E-state index in [1.807, 2.05) is 0 Å². The minimum absolute atomic E-state index is 0.0955. The molecular formula is C10H6F4N4O. The molecule has 0 bridgehead atoms. The van der Waals surface area contributed by atoms with Crippen LogP contribution < -0.4 is 5.32 Å². The summed E-state index contributed by atoms with van der Waals surface area (Å²) in [7, 11) is 0. The number of alkyl halides is 3. The molecule has 0 aliphatic carbocycles. The van der Waals surface area contributed by atoms with Gasteiger partial charge in [0.1, 0.15) is 12.1 Å². The zero-order chi connectivity index (χ0) is 14.0. The van der Waals surface area contributed by atoms with E-state index in [0.29, 0.717) is 6.07 Å². The molecule has 5 nitrogen and oxygen atoms in total. The maximum absolute atomic E-state index is 13.6. The Labute approximate surface area is 103 Å². The topological polar surface area (TPSA) is 70.7 Å². The van der Waals surface area contributed by atoms with Crippen molar-refractivity contribution in [3.63, 3.8) is 0 Å². The van der Waals surface area contributed by atoms with Crippen molar-refractivity contribution in [3.8, 4) is 0 Å². The van der Waals surface area contributed by atoms with Crippen molar-refractivity contribution < 1.29 is 22.4 Å². The van der Waals surface area contributed by atoms with Gasteiger partial charge in [0.05, 0.1) is 11.1 Å². The van der Waals surface area contributed by atoms with E-state index >= 15 is 0 Å². The fourth-order valence-electron chi connectivity index (χ4n) is 1.37. The lowest BCUT2D eigenvalue weighted by atomic mass is 10.1. The van der Waals surface area contributed by atoms with Crippen molar-refractivity contribution in [2.75, 3.05) is 5.32 Å². The van der Waals surface area contributed by atoms with Crippen LogP contribution in [-0.4, -0.2) is 21.1 Å². The number of aromatic amines is 1. The molecule has 0 spiro atoms. The van der Waals surface area contributed by atoms with E-state index in [1.54, 1.807) is 0 Å². The second-order valence-corrected chi connectivity index (χ2v) is 3.45. The summed E-state index contributed by atoms with van der Waals surface area (Å²) in [4.78, 5) is 15.1. The Morgan fingerprint density at radius 2 is 2.05 bits per heavy atom. The van der Waals surface area contributed by atoms with Crippen LogP contribution in [0.3, 0.4) is 0 Å². The summed E-state index contributed by atoms with van der Waals surface area (Å²) in [5.41, 5.74) is -2.23.